The van der Waals surface area contributed by atoms with Crippen molar-refractivity contribution in [3.05, 3.63) is 35.5 Å². The van der Waals surface area contributed by atoms with Crippen molar-refractivity contribution in [3.63, 3.8) is 0 Å². The smallest absolute Gasteiger partial charge is 0.120 e. The van der Waals surface area contributed by atoms with Gasteiger partial charge >= 0.3 is 0 Å². The second-order valence-electron chi connectivity index (χ2n) is 7.93. The molecular weight excluding hydrogens is 290 g/mol. The Kier molecular flexibility index (Phi) is 2.73. The van der Waals surface area contributed by atoms with E-state index in [4.69, 9.17) is 4.74 Å². The highest BCUT2D eigenvalue weighted by Gasteiger charge is 2.70. The summed E-state index contributed by atoms with van der Waals surface area (Å²) in [7, 11) is 2.21. The molecule has 2 heterocycles. The van der Waals surface area contributed by atoms with Crippen molar-refractivity contribution < 1.29 is 14.9 Å². The van der Waals surface area contributed by atoms with Gasteiger partial charge in [-0.1, -0.05) is 31.2 Å². The summed E-state index contributed by atoms with van der Waals surface area (Å²) in [4.78, 5) is 2.46. The molecule has 0 aromatic carbocycles. The van der Waals surface area contributed by atoms with E-state index >= 15 is 0 Å². The molecule has 23 heavy (non-hydrogen) atoms. The van der Waals surface area contributed by atoms with Crippen LogP contribution in [-0.2, 0) is 4.74 Å². The quantitative estimate of drug-likeness (QED) is 0.718. The maximum absolute atomic E-state index is 10.8. The predicted octanol–water partition coefficient (Wildman–Crippen LogP) is 1.40. The molecule has 5 aliphatic rings. The molecule has 2 N–H and O–H groups in total. The third kappa shape index (κ3) is 1.43. The number of nitrogens with zero attached hydrogens (tertiary/aromatic N) is 1. The summed E-state index contributed by atoms with van der Waals surface area (Å²) in [6.07, 6.45) is 9.50. The molecule has 3 aliphatic carbocycles. The van der Waals surface area contributed by atoms with E-state index in [0.717, 1.165) is 25.8 Å². The van der Waals surface area contributed by atoms with Crippen molar-refractivity contribution in [3.8, 4) is 0 Å². The van der Waals surface area contributed by atoms with Gasteiger partial charge in [0.1, 0.15) is 11.7 Å². The largest absolute Gasteiger partial charge is 0.386 e. The summed E-state index contributed by atoms with van der Waals surface area (Å²) in [5.41, 5.74) is 1.88. The van der Waals surface area contributed by atoms with Gasteiger partial charge in [-0.2, -0.15) is 0 Å². The van der Waals surface area contributed by atoms with E-state index in [9.17, 15) is 10.2 Å². The molecule has 1 spiro atoms. The van der Waals surface area contributed by atoms with Crippen LogP contribution in [0.25, 0.3) is 0 Å². The third-order valence-corrected chi connectivity index (χ3v) is 7.25. The minimum absolute atomic E-state index is 0.138. The molecule has 0 aromatic heterocycles. The minimum atomic E-state index is -0.638. The second kappa shape index (κ2) is 4.37. The lowest BCUT2D eigenvalue weighted by Crippen LogP contribution is -2.62. The highest BCUT2D eigenvalue weighted by molar-refractivity contribution is 5.53. The molecule has 2 fully saturated rings. The first-order valence-electron chi connectivity index (χ1n) is 8.89. The van der Waals surface area contributed by atoms with Crippen molar-refractivity contribution in [2.45, 2.75) is 56.1 Å². The average molecular weight is 315 g/mol. The van der Waals surface area contributed by atoms with Crippen LogP contribution in [0.2, 0.25) is 0 Å². The van der Waals surface area contributed by atoms with Gasteiger partial charge < -0.3 is 19.8 Å². The van der Waals surface area contributed by atoms with E-state index in [1.165, 1.54) is 11.1 Å². The lowest BCUT2D eigenvalue weighted by atomic mass is 9.50. The number of hydrogen-bond acceptors (Lipinski definition) is 4. The van der Waals surface area contributed by atoms with Gasteiger partial charge in [0.05, 0.1) is 12.2 Å². The van der Waals surface area contributed by atoms with E-state index in [1.54, 1.807) is 0 Å². The molecule has 2 aliphatic heterocycles. The van der Waals surface area contributed by atoms with Crippen molar-refractivity contribution in [1.82, 2.24) is 4.90 Å². The van der Waals surface area contributed by atoms with E-state index < -0.39 is 17.8 Å². The van der Waals surface area contributed by atoms with Gasteiger partial charge in [0.25, 0.3) is 0 Å². The number of aliphatic hydroxyl groups is 2. The summed E-state index contributed by atoms with van der Waals surface area (Å²) in [6, 6.07) is 0.463. The number of aliphatic hydroxyl groups excluding tert-OH is 2. The van der Waals surface area contributed by atoms with Crippen LogP contribution in [0, 0.1) is 11.3 Å². The number of allylic oxidation sites excluding steroid dienone is 1. The SMILES string of the molecule is CCC12O[C@H]3[C@@H](O)C=C[C@H]4[C@H]5CC(=C1[C@]43CCN5C)C=CC2O. The van der Waals surface area contributed by atoms with Crippen molar-refractivity contribution in [2.75, 3.05) is 13.6 Å². The van der Waals surface area contributed by atoms with Crippen LogP contribution in [0.5, 0.6) is 0 Å². The Hall–Kier alpha value is -0.940. The van der Waals surface area contributed by atoms with Crippen LogP contribution >= 0.6 is 0 Å². The van der Waals surface area contributed by atoms with Crippen molar-refractivity contribution in [1.29, 1.82) is 0 Å². The summed E-state index contributed by atoms with van der Waals surface area (Å²) in [6.45, 7) is 3.12. The summed E-state index contributed by atoms with van der Waals surface area (Å²) in [5, 5.41) is 21.5. The Morgan fingerprint density at radius 1 is 1.30 bits per heavy atom. The van der Waals surface area contributed by atoms with Crippen LogP contribution in [0.1, 0.15) is 26.2 Å². The fourth-order valence-electron chi connectivity index (χ4n) is 6.25. The molecule has 4 nitrogen and oxygen atoms in total. The van der Waals surface area contributed by atoms with Crippen LogP contribution in [0.3, 0.4) is 0 Å². The number of likely N-dealkylation sites (tertiary alicyclic amines) is 1. The van der Waals surface area contributed by atoms with Crippen LogP contribution < -0.4 is 0 Å². The first kappa shape index (κ1) is 14.4. The van der Waals surface area contributed by atoms with Crippen LogP contribution in [0.15, 0.2) is 35.5 Å². The zero-order valence-corrected chi connectivity index (χ0v) is 13.8. The minimum Gasteiger partial charge on any atom is -0.386 e. The Morgan fingerprint density at radius 3 is 2.91 bits per heavy atom. The first-order valence-corrected chi connectivity index (χ1v) is 8.89. The highest BCUT2D eigenvalue weighted by atomic mass is 16.5. The molecule has 0 radical (unpaired) electrons. The molecule has 4 heteroatoms. The van der Waals surface area contributed by atoms with Crippen LogP contribution in [0.4, 0.5) is 0 Å². The van der Waals surface area contributed by atoms with Crippen molar-refractivity contribution in [2.24, 2.45) is 11.3 Å². The van der Waals surface area contributed by atoms with Gasteiger partial charge in [-0.3, -0.25) is 0 Å². The monoisotopic (exact) mass is 315 g/mol. The van der Waals surface area contributed by atoms with E-state index in [0.29, 0.717) is 12.0 Å². The van der Waals surface area contributed by atoms with Gasteiger partial charge in [0.15, 0.2) is 0 Å². The molecule has 124 valence electrons. The molecule has 2 saturated heterocycles. The molecule has 5 rings (SSSR count). The Labute approximate surface area is 137 Å². The Bertz CT molecular complexity index is 653. The summed E-state index contributed by atoms with van der Waals surface area (Å²) >= 11 is 0. The summed E-state index contributed by atoms with van der Waals surface area (Å²) < 4.78 is 6.54. The number of piperidine rings is 1. The third-order valence-electron chi connectivity index (χ3n) is 7.25. The fraction of sp³-hybridized carbons (Fsp3) is 0.684. The van der Waals surface area contributed by atoms with E-state index in [1.807, 2.05) is 12.2 Å². The zero-order valence-electron chi connectivity index (χ0n) is 13.8. The first-order chi connectivity index (χ1) is 11.0. The lowest BCUT2D eigenvalue weighted by molar-refractivity contribution is -0.142. The van der Waals surface area contributed by atoms with Gasteiger partial charge in [0.2, 0.25) is 0 Å². The molecule has 0 amide bonds. The standard InChI is InChI=1S/C19H25NO3/c1-3-19-15(22)7-4-11-10-13-12-5-6-14(21)17(23-19)18(12,16(11)19)8-9-20(13)2/h4-7,12-15,17,21-22H,3,8-10H2,1-2H3/t12-,13+,14-,15?,17-,18-,19?/m0/s1. The fourth-order valence-corrected chi connectivity index (χ4v) is 6.25. The molecule has 7 atom stereocenters. The number of rotatable bonds is 1. The second-order valence-corrected chi connectivity index (χ2v) is 7.93. The maximum Gasteiger partial charge on any atom is 0.120 e. The van der Waals surface area contributed by atoms with Gasteiger partial charge in [-0.25, -0.2) is 0 Å². The van der Waals surface area contributed by atoms with E-state index in [-0.39, 0.29) is 11.5 Å². The zero-order chi connectivity index (χ0) is 16.0. The van der Waals surface area contributed by atoms with Gasteiger partial charge in [0, 0.05) is 17.4 Å². The number of hydrogen-bond donors (Lipinski definition) is 2. The van der Waals surface area contributed by atoms with Gasteiger partial charge in [-0.15, -0.1) is 0 Å². The Balaban J connectivity index is 1.81. The number of ether oxygens (including phenoxy) is 1. The summed E-state index contributed by atoms with van der Waals surface area (Å²) in [5.74, 6) is 0.375. The molecule has 2 unspecified atom stereocenters. The average Bonchev–Trinajstić information content (AvgIpc) is 2.87. The molecule has 0 saturated carbocycles. The Morgan fingerprint density at radius 2 is 2.13 bits per heavy atom. The lowest BCUT2D eigenvalue weighted by Gasteiger charge is -2.58. The highest BCUT2D eigenvalue weighted by Crippen LogP contribution is 2.67. The molecule has 2 bridgehead atoms. The topological polar surface area (TPSA) is 52.9 Å². The molecular formula is C19H25NO3. The maximum atomic E-state index is 10.8. The van der Waals surface area contributed by atoms with Crippen molar-refractivity contribution >= 4 is 0 Å². The van der Waals surface area contributed by atoms with E-state index in [2.05, 4.69) is 31.0 Å². The predicted molar refractivity (Wildman–Crippen MR) is 86.8 cm³/mol. The van der Waals surface area contributed by atoms with Gasteiger partial charge in [-0.05, 0) is 44.0 Å². The van der Waals surface area contributed by atoms with Crippen LogP contribution in [-0.4, -0.2) is 58.7 Å². The normalized spacial score (nSPS) is 53.7. The molecule has 0 aromatic rings.